The summed E-state index contributed by atoms with van der Waals surface area (Å²) in [6.45, 7) is 3.94. The number of para-hydroxylation sites is 1. The Labute approximate surface area is 172 Å². The third-order valence-corrected chi connectivity index (χ3v) is 5.56. The van der Waals surface area contributed by atoms with Gasteiger partial charge in [-0.3, -0.25) is 9.48 Å². The standard InChI is InChI=1S/C22H20N4O2S/c1-14-20(15(2)26(3)25-14)22-23-13-19(29-22)21(27)24-16-9-11-18(12-10-16)28-17-7-5-4-6-8-17/h4-13H,1-3H3,(H,24,27). The van der Waals surface area contributed by atoms with Crippen LogP contribution >= 0.6 is 11.3 Å². The lowest BCUT2D eigenvalue weighted by Gasteiger charge is -2.07. The molecule has 0 aliphatic carbocycles. The molecule has 2 aromatic heterocycles. The maximum Gasteiger partial charge on any atom is 0.267 e. The molecular formula is C22H20N4O2S. The van der Waals surface area contributed by atoms with Gasteiger partial charge in [0.2, 0.25) is 0 Å². The molecule has 4 aromatic rings. The van der Waals surface area contributed by atoms with Gasteiger partial charge in [-0.2, -0.15) is 5.10 Å². The Balaban J connectivity index is 1.45. The normalized spacial score (nSPS) is 10.7. The molecule has 4 rings (SSSR count). The van der Waals surface area contributed by atoms with Crippen LogP contribution in [0, 0.1) is 13.8 Å². The van der Waals surface area contributed by atoms with Crippen molar-refractivity contribution in [3.8, 4) is 22.1 Å². The van der Waals surface area contributed by atoms with Crippen molar-refractivity contribution in [2.75, 3.05) is 5.32 Å². The number of ether oxygens (including phenoxy) is 1. The molecule has 0 fully saturated rings. The molecule has 0 saturated carbocycles. The van der Waals surface area contributed by atoms with Crippen LogP contribution < -0.4 is 10.1 Å². The minimum absolute atomic E-state index is 0.190. The molecule has 2 aromatic carbocycles. The largest absolute Gasteiger partial charge is 0.457 e. The number of carbonyl (C=O) groups is 1. The molecular weight excluding hydrogens is 384 g/mol. The zero-order valence-electron chi connectivity index (χ0n) is 16.3. The van der Waals surface area contributed by atoms with E-state index in [1.807, 2.05) is 80.2 Å². The Hall–Kier alpha value is -3.45. The van der Waals surface area contributed by atoms with Gasteiger partial charge in [-0.05, 0) is 50.2 Å². The van der Waals surface area contributed by atoms with E-state index in [1.165, 1.54) is 11.3 Å². The lowest BCUT2D eigenvalue weighted by atomic mass is 10.2. The van der Waals surface area contributed by atoms with Crippen molar-refractivity contribution >= 4 is 22.9 Å². The number of benzene rings is 2. The average Bonchev–Trinajstić information content (AvgIpc) is 3.29. The van der Waals surface area contributed by atoms with Gasteiger partial charge in [-0.25, -0.2) is 4.98 Å². The summed E-state index contributed by atoms with van der Waals surface area (Å²) in [5.41, 5.74) is 3.61. The fourth-order valence-corrected chi connectivity index (χ4v) is 3.96. The van der Waals surface area contributed by atoms with Crippen molar-refractivity contribution < 1.29 is 9.53 Å². The van der Waals surface area contributed by atoms with Gasteiger partial charge in [0, 0.05) is 18.4 Å². The van der Waals surface area contributed by atoms with E-state index in [0.29, 0.717) is 16.3 Å². The first kappa shape index (κ1) is 18.9. The van der Waals surface area contributed by atoms with Crippen molar-refractivity contribution in [3.63, 3.8) is 0 Å². The second-order valence-corrected chi connectivity index (χ2v) is 7.62. The Morgan fingerprint density at radius 1 is 1.03 bits per heavy atom. The molecule has 146 valence electrons. The number of aromatic nitrogens is 3. The Kier molecular flexibility index (Phi) is 5.14. The summed E-state index contributed by atoms with van der Waals surface area (Å²) in [5, 5.41) is 8.12. The minimum atomic E-state index is -0.190. The fraction of sp³-hybridized carbons (Fsp3) is 0.136. The van der Waals surface area contributed by atoms with Gasteiger partial charge < -0.3 is 10.1 Å². The number of carbonyl (C=O) groups excluding carboxylic acids is 1. The fourth-order valence-electron chi connectivity index (χ4n) is 3.00. The molecule has 0 saturated heterocycles. The maximum absolute atomic E-state index is 12.6. The van der Waals surface area contributed by atoms with E-state index >= 15 is 0 Å². The summed E-state index contributed by atoms with van der Waals surface area (Å²) in [5.74, 6) is 1.28. The maximum atomic E-state index is 12.6. The second kappa shape index (κ2) is 7.89. The monoisotopic (exact) mass is 404 g/mol. The molecule has 0 atom stereocenters. The van der Waals surface area contributed by atoms with Gasteiger partial charge in [0.25, 0.3) is 5.91 Å². The Bertz CT molecular complexity index is 1150. The number of thiazole rings is 1. The number of rotatable bonds is 5. The highest BCUT2D eigenvalue weighted by Crippen LogP contribution is 2.31. The number of hydrogen-bond donors (Lipinski definition) is 1. The SMILES string of the molecule is Cc1nn(C)c(C)c1-c1ncc(C(=O)Nc2ccc(Oc3ccccc3)cc2)s1. The average molecular weight is 404 g/mol. The molecule has 6 nitrogen and oxygen atoms in total. The number of amides is 1. The quantitative estimate of drug-likeness (QED) is 0.496. The van der Waals surface area contributed by atoms with E-state index in [4.69, 9.17) is 4.74 Å². The number of anilines is 1. The first-order chi connectivity index (χ1) is 14.0. The summed E-state index contributed by atoms with van der Waals surface area (Å²) in [7, 11) is 1.90. The van der Waals surface area contributed by atoms with Crippen LogP contribution in [0.4, 0.5) is 5.69 Å². The molecule has 1 N–H and O–H groups in total. The molecule has 0 bridgehead atoms. The zero-order chi connectivity index (χ0) is 20.4. The third kappa shape index (κ3) is 4.05. The summed E-state index contributed by atoms with van der Waals surface area (Å²) in [4.78, 5) is 17.6. The predicted molar refractivity (Wildman–Crippen MR) is 115 cm³/mol. The van der Waals surface area contributed by atoms with Crippen LogP contribution in [0.5, 0.6) is 11.5 Å². The minimum Gasteiger partial charge on any atom is -0.457 e. The van der Waals surface area contributed by atoms with Gasteiger partial charge in [-0.15, -0.1) is 11.3 Å². The van der Waals surface area contributed by atoms with Crippen molar-refractivity contribution in [1.82, 2.24) is 14.8 Å². The predicted octanol–water partition coefficient (Wildman–Crippen LogP) is 5.21. The summed E-state index contributed by atoms with van der Waals surface area (Å²) < 4.78 is 7.60. The zero-order valence-corrected chi connectivity index (χ0v) is 17.2. The van der Waals surface area contributed by atoms with E-state index in [1.54, 1.807) is 6.20 Å². The highest BCUT2D eigenvalue weighted by Gasteiger charge is 2.18. The van der Waals surface area contributed by atoms with Crippen LogP contribution in [0.3, 0.4) is 0 Å². The molecule has 0 unspecified atom stereocenters. The molecule has 29 heavy (non-hydrogen) atoms. The first-order valence-corrected chi connectivity index (χ1v) is 9.93. The van der Waals surface area contributed by atoms with E-state index in [9.17, 15) is 4.79 Å². The van der Waals surface area contributed by atoms with Crippen LogP contribution in [0.2, 0.25) is 0 Å². The summed E-state index contributed by atoms with van der Waals surface area (Å²) >= 11 is 1.36. The number of nitrogens with one attached hydrogen (secondary N) is 1. The Morgan fingerprint density at radius 2 is 1.72 bits per heavy atom. The third-order valence-electron chi connectivity index (χ3n) is 4.54. The van der Waals surface area contributed by atoms with Crippen molar-refractivity contribution in [2.24, 2.45) is 7.05 Å². The summed E-state index contributed by atoms with van der Waals surface area (Å²) in [6.07, 6.45) is 1.61. The number of aryl methyl sites for hydroxylation is 2. The lowest BCUT2D eigenvalue weighted by Crippen LogP contribution is -2.09. The van der Waals surface area contributed by atoms with Crippen molar-refractivity contribution in [2.45, 2.75) is 13.8 Å². The molecule has 0 aliphatic rings. The first-order valence-electron chi connectivity index (χ1n) is 9.12. The van der Waals surface area contributed by atoms with Gasteiger partial charge in [0.05, 0.1) is 17.5 Å². The van der Waals surface area contributed by atoms with Crippen LogP contribution in [-0.4, -0.2) is 20.7 Å². The van der Waals surface area contributed by atoms with Crippen LogP contribution in [0.15, 0.2) is 60.8 Å². The highest BCUT2D eigenvalue weighted by molar-refractivity contribution is 7.17. The topological polar surface area (TPSA) is 69.0 Å². The number of hydrogen-bond acceptors (Lipinski definition) is 5. The number of nitrogens with zero attached hydrogens (tertiary/aromatic N) is 3. The van der Waals surface area contributed by atoms with Crippen molar-refractivity contribution in [1.29, 1.82) is 0 Å². The molecule has 2 heterocycles. The van der Waals surface area contributed by atoms with E-state index in [-0.39, 0.29) is 5.91 Å². The van der Waals surface area contributed by atoms with Crippen LogP contribution in [0.25, 0.3) is 10.6 Å². The molecule has 1 amide bonds. The van der Waals surface area contributed by atoms with E-state index in [2.05, 4.69) is 15.4 Å². The van der Waals surface area contributed by atoms with E-state index < -0.39 is 0 Å². The Morgan fingerprint density at radius 3 is 2.38 bits per heavy atom. The van der Waals surface area contributed by atoms with Gasteiger partial charge in [0.15, 0.2) is 0 Å². The van der Waals surface area contributed by atoms with Gasteiger partial charge in [0.1, 0.15) is 21.4 Å². The lowest BCUT2D eigenvalue weighted by molar-refractivity contribution is 0.103. The van der Waals surface area contributed by atoms with Crippen molar-refractivity contribution in [3.05, 3.63) is 77.1 Å². The molecule has 0 radical (unpaired) electrons. The molecule has 7 heteroatoms. The molecule has 0 spiro atoms. The van der Waals surface area contributed by atoms with Crippen LogP contribution in [-0.2, 0) is 7.05 Å². The van der Waals surface area contributed by atoms with Crippen LogP contribution in [0.1, 0.15) is 21.1 Å². The highest BCUT2D eigenvalue weighted by atomic mass is 32.1. The van der Waals surface area contributed by atoms with Gasteiger partial charge in [-0.1, -0.05) is 18.2 Å². The second-order valence-electron chi connectivity index (χ2n) is 6.59. The summed E-state index contributed by atoms with van der Waals surface area (Å²) in [6, 6.07) is 16.8. The molecule has 0 aliphatic heterocycles. The van der Waals surface area contributed by atoms with Gasteiger partial charge >= 0.3 is 0 Å². The smallest absolute Gasteiger partial charge is 0.267 e. The van der Waals surface area contributed by atoms with E-state index in [0.717, 1.165) is 27.7 Å².